The molecule has 1 aliphatic heterocycles. The summed E-state index contributed by atoms with van der Waals surface area (Å²) >= 11 is 0. The molecule has 0 aromatic heterocycles. The van der Waals surface area contributed by atoms with Gasteiger partial charge in [0.05, 0.1) is 13.2 Å². The third kappa shape index (κ3) is 3.73. The number of benzene rings is 3. The Bertz CT molecular complexity index is 744. The first-order valence-electron chi connectivity index (χ1n) is 8.67. The van der Waals surface area contributed by atoms with E-state index in [4.69, 9.17) is 4.74 Å². The van der Waals surface area contributed by atoms with E-state index < -0.39 is 0 Å². The molecular weight excluding hydrogens is 326 g/mol. The van der Waals surface area contributed by atoms with Crippen LogP contribution in [-0.2, 0) is 15.6 Å². The average molecular weight is 348 g/mol. The molecule has 1 fully saturated rings. The molecule has 126 valence electrons. The van der Waals surface area contributed by atoms with Gasteiger partial charge in [0.25, 0.3) is 0 Å². The zero-order chi connectivity index (χ0) is 16.9. The molecule has 3 aromatic rings. The maximum atomic E-state index is 5.50. The summed E-state index contributed by atoms with van der Waals surface area (Å²) in [4.78, 5) is 3.75. The van der Waals surface area contributed by atoms with E-state index >= 15 is 0 Å². The molecular formula is C22H22NOS+. The molecule has 0 N–H and O–H groups in total. The summed E-state index contributed by atoms with van der Waals surface area (Å²) in [7, 11) is 0.338. The molecule has 1 aliphatic rings. The molecule has 2 nitrogen and oxygen atoms in total. The van der Waals surface area contributed by atoms with Crippen LogP contribution in [0.4, 0.5) is 17.1 Å². The summed E-state index contributed by atoms with van der Waals surface area (Å²) in [6, 6.07) is 30.2. The minimum atomic E-state index is 0.338. The lowest BCUT2D eigenvalue weighted by Crippen LogP contribution is -2.26. The van der Waals surface area contributed by atoms with Gasteiger partial charge in [-0.3, -0.25) is 0 Å². The van der Waals surface area contributed by atoms with Gasteiger partial charge in [-0.25, -0.2) is 0 Å². The summed E-state index contributed by atoms with van der Waals surface area (Å²) < 4.78 is 5.50. The second-order valence-corrected chi connectivity index (χ2v) is 8.29. The molecule has 0 atom stereocenters. The molecule has 4 rings (SSSR count). The van der Waals surface area contributed by atoms with Gasteiger partial charge < -0.3 is 9.64 Å². The van der Waals surface area contributed by atoms with Gasteiger partial charge in [-0.1, -0.05) is 36.4 Å². The van der Waals surface area contributed by atoms with Crippen molar-refractivity contribution in [1.82, 2.24) is 0 Å². The van der Waals surface area contributed by atoms with E-state index in [-0.39, 0.29) is 0 Å². The van der Waals surface area contributed by atoms with Crippen molar-refractivity contribution in [3.63, 3.8) is 0 Å². The van der Waals surface area contributed by atoms with Crippen molar-refractivity contribution in [2.24, 2.45) is 0 Å². The Morgan fingerprint density at radius 3 is 1.60 bits per heavy atom. The van der Waals surface area contributed by atoms with Crippen LogP contribution in [0.15, 0.2) is 89.8 Å². The van der Waals surface area contributed by atoms with Crippen molar-refractivity contribution in [3.05, 3.63) is 84.9 Å². The topological polar surface area (TPSA) is 12.5 Å². The third-order valence-corrected chi connectivity index (χ3v) is 6.66. The van der Waals surface area contributed by atoms with E-state index in [1.54, 1.807) is 0 Å². The molecule has 0 saturated carbocycles. The number of hydrogen-bond donors (Lipinski definition) is 0. The monoisotopic (exact) mass is 348 g/mol. The Kier molecular flexibility index (Phi) is 5.05. The number of ether oxygens (including phenoxy) is 1. The molecule has 3 aromatic carbocycles. The van der Waals surface area contributed by atoms with Crippen molar-refractivity contribution < 1.29 is 4.74 Å². The van der Waals surface area contributed by atoms with Crippen molar-refractivity contribution in [2.75, 3.05) is 29.6 Å². The summed E-state index contributed by atoms with van der Waals surface area (Å²) in [5.41, 5.74) is 3.54. The van der Waals surface area contributed by atoms with Crippen molar-refractivity contribution >= 4 is 28.0 Å². The minimum Gasteiger partial charge on any atom is -0.372 e. The highest BCUT2D eigenvalue weighted by molar-refractivity contribution is 7.97. The minimum absolute atomic E-state index is 0.338. The molecule has 0 aliphatic carbocycles. The van der Waals surface area contributed by atoms with Crippen molar-refractivity contribution in [2.45, 2.75) is 4.90 Å². The molecule has 25 heavy (non-hydrogen) atoms. The van der Waals surface area contributed by atoms with Crippen LogP contribution in [0, 0.1) is 0 Å². The van der Waals surface area contributed by atoms with Crippen molar-refractivity contribution in [1.29, 1.82) is 0 Å². The van der Waals surface area contributed by atoms with Crippen LogP contribution in [0.3, 0.4) is 0 Å². The highest BCUT2D eigenvalue weighted by Gasteiger charge is 2.25. The van der Waals surface area contributed by atoms with Gasteiger partial charge >= 0.3 is 0 Å². The molecule has 1 saturated heterocycles. The van der Waals surface area contributed by atoms with Gasteiger partial charge in [0.1, 0.15) is 11.5 Å². The Morgan fingerprint density at radius 2 is 1.08 bits per heavy atom. The fourth-order valence-corrected chi connectivity index (χ4v) is 4.98. The highest BCUT2D eigenvalue weighted by atomic mass is 32.2. The lowest BCUT2D eigenvalue weighted by Gasteiger charge is -2.25. The lowest BCUT2D eigenvalue weighted by molar-refractivity contribution is 0.159. The standard InChI is InChI=1S/C22H22NOS/c1-3-7-19(8-4-1)23(20-9-5-2-6-10-20)21-11-13-22(14-12-21)25-17-15-24-16-18-25/h1-14H,15-18H2/q+1. The average Bonchev–Trinajstić information content (AvgIpc) is 2.71. The number of nitrogens with zero attached hydrogens (tertiary/aromatic N) is 1. The first kappa shape index (κ1) is 16.2. The Labute approximate surface area is 152 Å². The van der Waals surface area contributed by atoms with Crippen LogP contribution in [0.2, 0.25) is 0 Å². The molecule has 0 spiro atoms. The van der Waals surface area contributed by atoms with Gasteiger partial charge in [-0.2, -0.15) is 0 Å². The van der Waals surface area contributed by atoms with Crippen LogP contribution >= 0.6 is 0 Å². The lowest BCUT2D eigenvalue weighted by atomic mass is 10.2. The largest absolute Gasteiger partial charge is 0.372 e. The molecule has 0 bridgehead atoms. The molecule has 3 heteroatoms. The first-order valence-corrected chi connectivity index (χ1v) is 10.2. The first-order chi connectivity index (χ1) is 12.4. The Hall–Kier alpha value is -2.23. The molecule has 1 heterocycles. The van der Waals surface area contributed by atoms with Gasteiger partial charge in [0.2, 0.25) is 0 Å². The summed E-state index contributed by atoms with van der Waals surface area (Å²) in [5, 5.41) is 0. The number of hydrogen-bond acceptors (Lipinski definition) is 2. The SMILES string of the molecule is c1ccc(N(c2ccccc2)c2ccc([S+]3CCOCC3)cc2)cc1. The van der Waals surface area contributed by atoms with Crippen LogP contribution in [0.25, 0.3) is 0 Å². The summed E-state index contributed by atoms with van der Waals surface area (Å²) in [6.07, 6.45) is 0. The van der Waals surface area contributed by atoms with Crippen LogP contribution < -0.4 is 4.90 Å². The Balaban J connectivity index is 1.68. The normalized spacial score (nSPS) is 15.0. The van der Waals surface area contributed by atoms with Gasteiger partial charge in [-0.05, 0) is 48.5 Å². The highest BCUT2D eigenvalue weighted by Crippen LogP contribution is 2.34. The van der Waals surface area contributed by atoms with E-state index in [9.17, 15) is 0 Å². The number of anilines is 3. The Morgan fingerprint density at radius 1 is 0.600 bits per heavy atom. The molecule has 0 radical (unpaired) electrons. The maximum Gasteiger partial charge on any atom is 0.155 e. The van der Waals surface area contributed by atoms with E-state index in [1.807, 2.05) is 0 Å². The quantitative estimate of drug-likeness (QED) is 0.604. The fourth-order valence-electron chi connectivity index (χ4n) is 3.15. The van der Waals surface area contributed by atoms with Gasteiger partial charge in [0.15, 0.2) is 4.90 Å². The summed E-state index contributed by atoms with van der Waals surface area (Å²) in [5.74, 6) is 2.31. The van der Waals surface area contributed by atoms with Crippen molar-refractivity contribution in [3.8, 4) is 0 Å². The van der Waals surface area contributed by atoms with Gasteiger partial charge in [0, 0.05) is 28.0 Å². The number of rotatable bonds is 4. The van der Waals surface area contributed by atoms with E-state index in [1.165, 1.54) is 22.0 Å². The smallest absolute Gasteiger partial charge is 0.155 e. The van der Waals surface area contributed by atoms with Gasteiger partial charge in [-0.15, -0.1) is 0 Å². The zero-order valence-corrected chi connectivity index (χ0v) is 15.0. The summed E-state index contributed by atoms with van der Waals surface area (Å²) in [6.45, 7) is 1.79. The maximum absolute atomic E-state index is 5.50. The van der Waals surface area contributed by atoms with Crippen LogP contribution in [0.5, 0.6) is 0 Å². The van der Waals surface area contributed by atoms with E-state index in [0.717, 1.165) is 24.7 Å². The fraction of sp³-hybridized carbons (Fsp3) is 0.182. The van der Waals surface area contributed by atoms with Crippen LogP contribution in [0.1, 0.15) is 0 Å². The second kappa shape index (κ2) is 7.77. The predicted molar refractivity (Wildman–Crippen MR) is 107 cm³/mol. The van der Waals surface area contributed by atoms with Crippen LogP contribution in [-0.4, -0.2) is 24.7 Å². The number of para-hydroxylation sites is 2. The zero-order valence-electron chi connectivity index (χ0n) is 14.2. The molecule has 0 unspecified atom stereocenters. The second-order valence-electron chi connectivity index (χ2n) is 6.01. The van der Waals surface area contributed by atoms with E-state index in [2.05, 4.69) is 89.8 Å². The third-order valence-electron chi connectivity index (χ3n) is 4.41. The van der Waals surface area contributed by atoms with E-state index in [0.29, 0.717) is 10.9 Å². The molecule has 0 amide bonds. The predicted octanol–water partition coefficient (Wildman–Crippen LogP) is 5.16.